The maximum Gasteiger partial charge on any atom is 0.254 e. The van der Waals surface area contributed by atoms with Crippen LogP contribution in [0.25, 0.3) is 10.9 Å². The Labute approximate surface area is 158 Å². The van der Waals surface area contributed by atoms with E-state index in [0.717, 1.165) is 22.2 Å². The van der Waals surface area contributed by atoms with Gasteiger partial charge in [0, 0.05) is 29.9 Å². The van der Waals surface area contributed by atoms with E-state index < -0.39 is 0 Å². The molecule has 2 heterocycles. The number of nitrogens with zero attached hydrogens (tertiary/aromatic N) is 3. The van der Waals surface area contributed by atoms with Crippen LogP contribution in [0.2, 0.25) is 0 Å². The predicted molar refractivity (Wildman–Crippen MR) is 106 cm³/mol. The normalized spacial score (nSPS) is 10.7. The molecule has 4 heteroatoms. The first-order valence-electron chi connectivity index (χ1n) is 8.87. The van der Waals surface area contributed by atoms with Gasteiger partial charge in [-0.3, -0.25) is 14.8 Å². The van der Waals surface area contributed by atoms with Crippen LogP contribution in [0, 0.1) is 0 Å². The summed E-state index contributed by atoms with van der Waals surface area (Å²) in [4.78, 5) is 23.6. The van der Waals surface area contributed by atoms with Crippen LogP contribution in [-0.4, -0.2) is 20.8 Å². The maximum absolute atomic E-state index is 13.1. The van der Waals surface area contributed by atoms with Crippen molar-refractivity contribution in [3.63, 3.8) is 0 Å². The number of hydrogen-bond donors (Lipinski definition) is 0. The summed E-state index contributed by atoms with van der Waals surface area (Å²) in [5, 5.41) is 1.09. The van der Waals surface area contributed by atoms with E-state index in [1.807, 2.05) is 65.6 Å². The van der Waals surface area contributed by atoms with Gasteiger partial charge in [-0.25, -0.2) is 0 Å². The highest BCUT2D eigenvalue weighted by molar-refractivity contribution is 5.94. The molecule has 0 spiro atoms. The van der Waals surface area contributed by atoms with Crippen LogP contribution in [0.15, 0.2) is 91.3 Å². The van der Waals surface area contributed by atoms with Crippen molar-refractivity contribution in [2.75, 3.05) is 0 Å². The summed E-state index contributed by atoms with van der Waals surface area (Å²) in [5.74, 6) is -0.0313. The number of fused-ring (bicyclic) bond motifs is 1. The van der Waals surface area contributed by atoms with Gasteiger partial charge in [0.25, 0.3) is 5.91 Å². The van der Waals surface area contributed by atoms with Gasteiger partial charge in [0.2, 0.25) is 0 Å². The van der Waals surface area contributed by atoms with Crippen molar-refractivity contribution in [3.05, 3.63) is 108 Å². The van der Waals surface area contributed by atoms with E-state index in [0.29, 0.717) is 18.7 Å². The number of pyridine rings is 2. The minimum atomic E-state index is -0.0313. The summed E-state index contributed by atoms with van der Waals surface area (Å²) in [6.45, 7) is 0.970. The summed E-state index contributed by atoms with van der Waals surface area (Å²) in [7, 11) is 0. The Kier molecular flexibility index (Phi) is 4.88. The Balaban J connectivity index is 1.64. The van der Waals surface area contributed by atoms with Crippen LogP contribution >= 0.6 is 0 Å². The van der Waals surface area contributed by atoms with E-state index in [4.69, 9.17) is 4.98 Å². The highest BCUT2D eigenvalue weighted by Crippen LogP contribution is 2.16. The van der Waals surface area contributed by atoms with Gasteiger partial charge in [-0.05, 0) is 29.8 Å². The Morgan fingerprint density at radius 2 is 1.52 bits per heavy atom. The van der Waals surface area contributed by atoms with Crippen LogP contribution < -0.4 is 0 Å². The van der Waals surface area contributed by atoms with Crippen molar-refractivity contribution in [3.8, 4) is 0 Å². The van der Waals surface area contributed by atoms with Gasteiger partial charge in [-0.1, -0.05) is 54.6 Å². The van der Waals surface area contributed by atoms with E-state index in [-0.39, 0.29) is 5.91 Å². The quantitative estimate of drug-likeness (QED) is 0.532. The van der Waals surface area contributed by atoms with Gasteiger partial charge >= 0.3 is 0 Å². The molecule has 4 nitrogen and oxygen atoms in total. The third-order valence-corrected chi connectivity index (χ3v) is 4.44. The molecule has 0 saturated heterocycles. The number of para-hydroxylation sites is 1. The van der Waals surface area contributed by atoms with Crippen LogP contribution in [0.4, 0.5) is 0 Å². The fourth-order valence-electron chi connectivity index (χ4n) is 3.07. The van der Waals surface area contributed by atoms with E-state index in [1.165, 1.54) is 0 Å². The van der Waals surface area contributed by atoms with E-state index in [9.17, 15) is 4.79 Å². The topological polar surface area (TPSA) is 46.1 Å². The zero-order valence-electron chi connectivity index (χ0n) is 14.8. The van der Waals surface area contributed by atoms with Crippen molar-refractivity contribution in [1.29, 1.82) is 0 Å². The minimum absolute atomic E-state index is 0.0313. The first-order valence-corrected chi connectivity index (χ1v) is 8.87. The largest absolute Gasteiger partial charge is 0.328 e. The van der Waals surface area contributed by atoms with E-state index in [2.05, 4.69) is 11.1 Å². The van der Waals surface area contributed by atoms with Gasteiger partial charge in [0.05, 0.1) is 17.8 Å². The first-order chi connectivity index (χ1) is 13.3. The molecule has 0 atom stereocenters. The van der Waals surface area contributed by atoms with Crippen molar-refractivity contribution < 1.29 is 4.79 Å². The molecule has 0 aliphatic rings. The fourth-order valence-corrected chi connectivity index (χ4v) is 3.07. The zero-order chi connectivity index (χ0) is 18.5. The average Bonchev–Trinajstić information content (AvgIpc) is 2.74. The maximum atomic E-state index is 13.1. The number of hydrogen-bond acceptors (Lipinski definition) is 3. The summed E-state index contributed by atoms with van der Waals surface area (Å²) in [5.41, 5.74) is 3.51. The lowest BCUT2D eigenvalue weighted by atomic mass is 10.1. The van der Waals surface area contributed by atoms with Crippen LogP contribution in [0.1, 0.15) is 21.6 Å². The van der Waals surface area contributed by atoms with Gasteiger partial charge < -0.3 is 4.90 Å². The Morgan fingerprint density at radius 3 is 2.33 bits per heavy atom. The molecule has 0 bridgehead atoms. The molecule has 0 aliphatic heterocycles. The highest BCUT2D eigenvalue weighted by Gasteiger charge is 2.17. The monoisotopic (exact) mass is 353 g/mol. The smallest absolute Gasteiger partial charge is 0.254 e. The molecule has 2 aromatic carbocycles. The number of benzene rings is 2. The van der Waals surface area contributed by atoms with Crippen LogP contribution in [0.5, 0.6) is 0 Å². The zero-order valence-corrected chi connectivity index (χ0v) is 14.8. The molecule has 0 aliphatic carbocycles. The average molecular weight is 353 g/mol. The SMILES string of the molecule is O=C(c1ccncc1)N(Cc1ccccc1)Cc1ccc2ccccc2n1. The number of carbonyl (C=O) groups is 1. The first kappa shape index (κ1) is 16.9. The Morgan fingerprint density at radius 1 is 0.778 bits per heavy atom. The molecule has 0 saturated carbocycles. The molecule has 2 aromatic heterocycles. The standard InChI is InChI=1S/C23H19N3O/c27-23(20-12-14-24-15-13-20)26(16-18-6-2-1-3-7-18)17-21-11-10-19-8-4-5-9-22(19)25-21/h1-15H,16-17H2. The van der Waals surface area contributed by atoms with Gasteiger partial charge in [0.1, 0.15) is 0 Å². The molecular weight excluding hydrogens is 334 g/mol. The molecule has 0 unspecified atom stereocenters. The molecule has 0 fully saturated rings. The van der Waals surface area contributed by atoms with Crippen molar-refractivity contribution >= 4 is 16.8 Å². The van der Waals surface area contributed by atoms with E-state index in [1.54, 1.807) is 24.5 Å². The molecule has 0 radical (unpaired) electrons. The van der Waals surface area contributed by atoms with E-state index >= 15 is 0 Å². The number of amides is 1. The molecule has 132 valence electrons. The summed E-state index contributed by atoms with van der Waals surface area (Å²) < 4.78 is 0. The molecule has 4 aromatic rings. The Bertz CT molecular complexity index is 1050. The number of aromatic nitrogens is 2. The summed E-state index contributed by atoms with van der Waals surface area (Å²) >= 11 is 0. The second-order valence-electron chi connectivity index (χ2n) is 6.38. The van der Waals surface area contributed by atoms with Crippen LogP contribution in [0.3, 0.4) is 0 Å². The summed E-state index contributed by atoms with van der Waals surface area (Å²) in [6, 6.07) is 25.5. The molecular formula is C23H19N3O. The highest BCUT2D eigenvalue weighted by atomic mass is 16.2. The predicted octanol–water partition coefficient (Wildman–Crippen LogP) is 4.47. The van der Waals surface area contributed by atoms with Crippen LogP contribution in [-0.2, 0) is 13.1 Å². The lowest BCUT2D eigenvalue weighted by molar-refractivity contribution is 0.0728. The lowest BCUT2D eigenvalue weighted by Crippen LogP contribution is -2.30. The van der Waals surface area contributed by atoms with Crippen molar-refractivity contribution in [1.82, 2.24) is 14.9 Å². The fraction of sp³-hybridized carbons (Fsp3) is 0.0870. The van der Waals surface area contributed by atoms with Crippen molar-refractivity contribution in [2.24, 2.45) is 0 Å². The van der Waals surface area contributed by atoms with Gasteiger partial charge in [0.15, 0.2) is 0 Å². The second kappa shape index (κ2) is 7.79. The molecule has 1 amide bonds. The Hall–Kier alpha value is -3.53. The number of carbonyl (C=O) groups excluding carboxylic acids is 1. The number of rotatable bonds is 5. The lowest BCUT2D eigenvalue weighted by Gasteiger charge is -2.23. The minimum Gasteiger partial charge on any atom is -0.328 e. The molecule has 4 rings (SSSR count). The second-order valence-corrected chi connectivity index (χ2v) is 6.38. The third kappa shape index (κ3) is 4.01. The summed E-state index contributed by atoms with van der Waals surface area (Å²) in [6.07, 6.45) is 3.28. The van der Waals surface area contributed by atoms with Crippen molar-refractivity contribution in [2.45, 2.75) is 13.1 Å². The molecule has 0 N–H and O–H groups in total. The molecule has 27 heavy (non-hydrogen) atoms. The van der Waals surface area contributed by atoms with Gasteiger partial charge in [-0.2, -0.15) is 0 Å². The van der Waals surface area contributed by atoms with Gasteiger partial charge in [-0.15, -0.1) is 0 Å². The third-order valence-electron chi connectivity index (χ3n) is 4.44.